The van der Waals surface area contributed by atoms with Crippen LogP contribution in [0.25, 0.3) is 11.0 Å². The molecule has 0 spiro atoms. The molecule has 4 aromatic rings. The van der Waals surface area contributed by atoms with Gasteiger partial charge in [0, 0.05) is 15.8 Å². The zero-order valence-electron chi connectivity index (χ0n) is 17.3. The van der Waals surface area contributed by atoms with E-state index in [1.165, 1.54) is 11.3 Å². The Labute approximate surface area is 183 Å². The average Bonchev–Trinajstić information content (AvgIpc) is 3.51. The normalized spacial score (nSPS) is 12.8. The second kappa shape index (κ2) is 7.74. The first-order valence-electron chi connectivity index (χ1n) is 10.3. The number of fused-ring (bicyclic) bond motifs is 2. The number of carbonyl (C=O) groups is 2. The first-order chi connectivity index (χ1) is 15.0. The maximum atomic E-state index is 13.1. The van der Waals surface area contributed by atoms with E-state index in [4.69, 9.17) is 8.83 Å². The van der Waals surface area contributed by atoms with Gasteiger partial charge in [0.15, 0.2) is 5.76 Å². The molecule has 0 aliphatic heterocycles. The summed E-state index contributed by atoms with van der Waals surface area (Å²) in [4.78, 5) is 27.3. The van der Waals surface area contributed by atoms with Gasteiger partial charge >= 0.3 is 0 Å². The van der Waals surface area contributed by atoms with Gasteiger partial charge in [-0.15, -0.1) is 11.3 Å². The molecule has 31 heavy (non-hydrogen) atoms. The number of benzene rings is 1. The lowest BCUT2D eigenvalue weighted by molar-refractivity contribution is 0.0948. The number of hydrogen-bond acceptors (Lipinski definition) is 5. The predicted octanol–water partition coefficient (Wildman–Crippen LogP) is 5.38. The molecular weight excluding hydrogens is 412 g/mol. The highest BCUT2D eigenvalue weighted by atomic mass is 32.1. The summed E-state index contributed by atoms with van der Waals surface area (Å²) in [5.41, 5.74) is 4.17. The van der Waals surface area contributed by atoms with E-state index in [1.807, 2.05) is 38.1 Å². The Bertz CT molecular complexity index is 1300. The standard InChI is InChI=1S/C24H22N2O4S/c1-13-8-9-18-17(11-13)14(2)21(30-18)23(28)26-24-20(16-6-3-7-19(16)31-24)22(27)25-12-15-5-4-10-29-15/h4-5,8-11H,3,6-7,12H2,1-2H3,(H,25,27)(H,26,28). The number of carbonyl (C=O) groups excluding carboxylic acids is 2. The summed E-state index contributed by atoms with van der Waals surface area (Å²) < 4.78 is 11.1. The Hall–Kier alpha value is -3.32. The third kappa shape index (κ3) is 3.55. The van der Waals surface area contributed by atoms with E-state index in [0.717, 1.165) is 46.2 Å². The molecule has 0 unspecified atom stereocenters. The molecule has 2 amide bonds. The molecule has 0 atom stereocenters. The van der Waals surface area contributed by atoms with E-state index < -0.39 is 0 Å². The van der Waals surface area contributed by atoms with Gasteiger partial charge in [-0.2, -0.15) is 0 Å². The minimum atomic E-state index is -0.341. The SMILES string of the molecule is Cc1ccc2oc(C(=O)Nc3sc4c(c3C(=O)NCc3ccco3)CCC4)c(C)c2c1. The maximum absolute atomic E-state index is 13.1. The van der Waals surface area contributed by atoms with Crippen LogP contribution in [0.15, 0.2) is 45.4 Å². The van der Waals surface area contributed by atoms with Gasteiger partial charge in [0.25, 0.3) is 11.8 Å². The van der Waals surface area contributed by atoms with Crippen molar-refractivity contribution in [1.29, 1.82) is 0 Å². The third-order valence-corrected chi connectivity index (χ3v) is 6.88. The highest BCUT2D eigenvalue weighted by Gasteiger charge is 2.28. The first-order valence-corrected chi connectivity index (χ1v) is 11.1. The molecule has 0 saturated heterocycles. The van der Waals surface area contributed by atoms with E-state index in [-0.39, 0.29) is 17.6 Å². The molecule has 3 aromatic heterocycles. The van der Waals surface area contributed by atoms with Gasteiger partial charge in [0.1, 0.15) is 16.3 Å². The zero-order valence-corrected chi connectivity index (χ0v) is 18.2. The van der Waals surface area contributed by atoms with E-state index in [0.29, 0.717) is 28.5 Å². The lowest BCUT2D eigenvalue weighted by atomic mass is 10.1. The summed E-state index contributed by atoms with van der Waals surface area (Å²) >= 11 is 1.48. The van der Waals surface area contributed by atoms with Crippen LogP contribution < -0.4 is 10.6 Å². The van der Waals surface area contributed by atoms with Gasteiger partial charge < -0.3 is 19.5 Å². The number of rotatable bonds is 5. The number of aryl methyl sites for hydroxylation is 3. The van der Waals surface area contributed by atoms with E-state index in [9.17, 15) is 9.59 Å². The van der Waals surface area contributed by atoms with Gasteiger partial charge in [-0.1, -0.05) is 11.6 Å². The molecular formula is C24H22N2O4S. The molecule has 3 heterocycles. The van der Waals surface area contributed by atoms with Gasteiger partial charge in [0.2, 0.25) is 0 Å². The molecule has 1 aliphatic carbocycles. The molecule has 0 saturated carbocycles. The molecule has 5 rings (SSSR count). The number of amides is 2. The van der Waals surface area contributed by atoms with Crippen LogP contribution in [-0.4, -0.2) is 11.8 Å². The van der Waals surface area contributed by atoms with Crippen molar-refractivity contribution < 1.29 is 18.4 Å². The lowest BCUT2D eigenvalue weighted by Gasteiger charge is -2.08. The number of anilines is 1. The first kappa shape index (κ1) is 19.6. The van der Waals surface area contributed by atoms with Gasteiger partial charge in [-0.3, -0.25) is 9.59 Å². The van der Waals surface area contributed by atoms with Crippen molar-refractivity contribution in [3.8, 4) is 0 Å². The molecule has 2 N–H and O–H groups in total. The predicted molar refractivity (Wildman–Crippen MR) is 120 cm³/mol. The van der Waals surface area contributed by atoms with Crippen molar-refractivity contribution in [1.82, 2.24) is 5.32 Å². The zero-order chi connectivity index (χ0) is 21.5. The maximum Gasteiger partial charge on any atom is 0.292 e. The van der Waals surface area contributed by atoms with E-state index in [1.54, 1.807) is 12.3 Å². The Morgan fingerprint density at radius 3 is 2.81 bits per heavy atom. The lowest BCUT2D eigenvalue weighted by Crippen LogP contribution is -2.25. The van der Waals surface area contributed by atoms with Gasteiger partial charge in [-0.25, -0.2) is 0 Å². The fourth-order valence-corrected chi connectivity index (χ4v) is 5.39. The van der Waals surface area contributed by atoms with Crippen LogP contribution in [0.5, 0.6) is 0 Å². The molecule has 0 fully saturated rings. The average molecular weight is 435 g/mol. The van der Waals surface area contributed by atoms with Crippen LogP contribution in [-0.2, 0) is 19.4 Å². The van der Waals surface area contributed by atoms with Gasteiger partial charge in [0.05, 0.1) is 18.4 Å². The van der Waals surface area contributed by atoms with Crippen LogP contribution in [0, 0.1) is 13.8 Å². The van der Waals surface area contributed by atoms with Crippen LogP contribution >= 0.6 is 11.3 Å². The number of hydrogen-bond donors (Lipinski definition) is 2. The van der Waals surface area contributed by atoms with Crippen molar-refractivity contribution >= 4 is 39.1 Å². The van der Waals surface area contributed by atoms with Crippen molar-refractivity contribution in [3.63, 3.8) is 0 Å². The fraction of sp³-hybridized carbons (Fsp3) is 0.250. The largest absolute Gasteiger partial charge is 0.467 e. The molecule has 6 nitrogen and oxygen atoms in total. The Kier molecular flexibility index (Phi) is 4.90. The molecule has 1 aromatic carbocycles. The minimum absolute atomic E-state index is 0.206. The Morgan fingerprint density at radius 2 is 2.00 bits per heavy atom. The van der Waals surface area contributed by atoms with Crippen molar-refractivity contribution in [2.24, 2.45) is 0 Å². The van der Waals surface area contributed by atoms with Gasteiger partial charge in [-0.05, 0) is 62.9 Å². The van der Waals surface area contributed by atoms with Crippen molar-refractivity contribution in [3.05, 3.63) is 75.2 Å². The highest BCUT2D eigenvalue weighted by molar-refractivity contribution is 7.17. The fourth-order valence-electron chi connectivity index (χ4n) is 4.11. The van der Waals surface area contributed by atoms with E-state index >= 15 is 0 Å². The van der Waals surface area contributed by atoms with Crippen LogP contribution in [0.1, 0.15) is 54.7 Å². The molecule has 0 radical (unpaired) electrons. The highest BCUT2D eigenvalue weighted by Crippen LogP contribution is 2.39. The molecule has 0 bridgehead atoms. The number of thiophene rings is 1. The second-order valence-corrected chi connectivity index (χ2v) is 8.94. The van der Waals surface area contributed by atoms with Crippen LogP contribution in [0.2, 0.25) is 0 Å². The summed E-state index contributed by atoms with van der Waals surface area (Å²) in [6, 6.07) is 9.44. The smallest absolute Gasteiger partial charge is 0.292 e. The Morgan fingerprint density at radius 1 is 1.13 bits per heavy atom. The summed E-state index contributed by atoms with van der Waals surface area (Å²) in [5.74, 6) is 0.407. The molecule has 7 heteroatoms. The van der Waals surface area contributed by atoms with Crippen molar-refractivity contribution in [2.45, 2.75) is 39.7 Å². The van der Waals surface area contributed by atoms with Crippen molar-refractivity contribution in [2.75, 3.05) is 5.32 Å². The van der Waals surface area contributed by atoms with Crippen LogP contribution in [0.3, 0.4) is 0 Å². The summed E-state index contributed by atoms with van der Waals surface area (Å²) in [7, 11) is 0. The summed E-state index contributed by atoms with van der Waals surface area (Å²) in [6.07, 6.45) is 4.37. The Balaban J connectivity index is 1.43. The minimum Gasteiger partial charge on any atom is -0.467 e. The van der Waals surface area contributed by atoms with E-state index in [2.05, 4.69) is 10.6 Å². The number of furan rings is 2. The number of nitrogens with one attached hydrogen (secondary N) is 2. The topological polar surface area (TPSA) is 84.5 Å². The quantitative estimate of drug-likeness (QED) is 0.442. The monoisotopic (exact) mass is 434 g/mol. The molecule has 158 valence electrons. The summed E-state index contributed by atoms with van der Waals surface area (Å²) in [6.45, 7) is 4.18. The summed E-state index contributed by atoms with van der Waals surface area (Å²) in [5, 5.41) is 7.36. The molecule has 1 aliphatic rings. The third-order valence-electron chi connectivity index (χ3n) is 5.68. The van der Waals surface area contributed by atoms with Crippen LogP contribution in [0.4, 0.5) is 5.00 Å². The second-order valence-electron chi connectivity index (χ2n) is 7.83.